The molecule has 2 N–H and O–H groups in total. The quantitative estimate of drug-likeness (QED) is 0.726. The van der Waals surface area contributed by atoms with Gasteiger partial charge in [0.2, 0.25) is 0 Å². The van der Waals surface area contributed by atoms with Crippen LogP contribution in [0.2, 0.25) is 0 Å². The van der Waals surface area contributed by atoms with Crippen molar-refractivity contribution in [2.24, 2.45) is 0 Å². The third-order valence-corrected chi connectivity index (χ3v) is 3.76. The maximum absolute atomic E-state index is 13.6. The number of pyridine rings is 1. The lowest BCUT2D eigenvalue weighted by molar-refractivity contribution is -0.686. The highest BCUT2D eigenvalue weighted by atomic mass is 19.1. The molecule has 24 heavy (non-hydrogen) atoms. The Balaban J connectivity index is 1.53. The number of ether oxygens (including phenoxy) is 1. The molecule has 0 bridgehead atoms. The van der Waals surface area contributed by atoms with E-state index in [0.717, 1.165) is 18.8 Å². The van der Waals surface area contributed by atoms with E-state index in [1.807, 2.05) is 36.4 Å². The molecule has 0 aliphatic heterocycles. The molecule has 0 fully saturated rings. The average molecular weight is 323 g/mol. The van der Waals surface area contributed by atoms with Crippen LogP contribution in [-0.4, -0.2) is 4.98 Å². The zero-order valence-corrected chi connectivity index (χ0v) is 13.4. The molecule has 0 radical (unpaired) electrons. The maximum atomic E-state index is 13.6. The van der Waals surface area contributed by atoms with Crippen molar-refractivity contribution in [1.29, 1.82) is 0 Å². The third kappa shape index (κ3) is 4.64. The first-order chi connectivity index (χ1) is 11.8. The summed E-state index contributed by atoms with van der Waals surface area (Å²) in [6.07, 6.45) is 3.61. The molecule has 0 unspecified atom stereocenters. The Kier molecular flexibility index (Phi) is 5.53. The summed E-state index contributed by atoms with van der Waals surface area (Å²) in [7, 11) is 0. The topological polar surface area (TPSA) is 38.7 Å². The number of halogens is 1. The van der Waals surface area contributed by atoms with Crippen LogP contribution >= 0.6 is 0 Å². The van der Waals surface area contributed by atoms with Crippen LogP contribution in [0.1, 0.15) is 16.7 Å². The van der Waals surface area contributed by atoms with E-state index in [9.17, 15) is 4.39 Å². The fraction of sp³-hybridized carbons (Fsp3) is 0.150. The van der Waals surface area contributed by atoms with Crippen molar-refractivity contribution in [3.8, 4) is 5.75 Å². The molecular formula is C20H20FN2O+. The summed E-state index contributed by atoms with van der Waals surface area (Å²) in [6, 6.07) is 18.6. The zero-order valence-electron chi connectivity index (χ0n) is 13.4. The van der Waals surface area contributed by atoms with E-state index in [1.165, 1.54) is 17.2 Å². The van der Waals surface area contributed by atoms with Gasteiger partial charge in [-0.25, -0.2) is 4.39 Å². The number of hydrogen-bond donors (Lipinski definition) is 1. The highest BCUT2D eigenvalue weighted by Gasteiger charge is 2.03. The van der Waals surface area contributed by atoms with E-state index >= 15 is 0 Å². The highest BCUT2D eigenvalue weighted by Crippen LogP contribution is 2.16. The van der Waals surface area contributed by atoms with Crippen LogP contribution in [0.3, 0.4) is 0 Å². The summed E-state index contributed by atoms with van der Waals surface area (Å²) in [6.45, 7) is 2.00. The van der Waals surface area contributed by atoms with Gasteiger partial charge in [0, 0.05) is 29.1 Å². The van der Waals surface area contributed by atoms with E-state index in [4.69, 9.17) is 4.74 Å². The monoisotopic (exact) mass is 323 g/mol. The number of hydrogen-bond acceptors (Lipinski definition) is 2. The number of nitrogens with two attached hydrogens (primary N) is 1. The molecule has 3 rings (SSSR count). The molecule has 0 aliphatic rings. The van der Waals surface area contributed by atoms with Crippen LogP contribution in [0.4, 0.5) is 4.39 Å². The van der Waals surface area contributed by atoms with Gasteiger partial charge in [0.05, 0.1) is 0 Å². The van der Waals surface area contributed by atoms with Gasteiger partial charge in [0.25, 0.3) is 0 Å². The minimum atomic E-state index is -0.237. The molecule has 0 saturated heterocycles. The van der Waals surface area contributed by atoms with Gasteiger partial charge in [-0.15, -0.1) is 0 Å². The van der Waals surface area contributed by atoms with Gasteiger partial charge >= 0.3 is 0 Å². The van der Waals surface area contributed by atoms with E-state index in [-0.39, 0.29) is 12.4 Å². The van der Waals surface area contributed by atoms with Gasteiger partial charge in [0.15, 0.2) is 0 Å². The summed E-state index contributed by atoms with van der Waals surface area (Å²) in [5.41, 5.74) is 2.99. The molecule has 1 heterocycles. The molecule has 3 aromatic rings. The number of quaternary nitrogens is 1. The molecule has 0 saturated carbocycles. The van der Waals surface area contributed by atoms with Crippen LogP contribution in [0.25, 0.3) is 0 Å². The van der Waals surface area contributed by atoms with Crippen molar-refractivity contribution in [3.63, 3.8) is 0 Å². The van der Waals surface area contributed by atoms with Crippen molar-refractivity contribution < 1.29 is 14.4 Å². The van der Waals surface area contributed by atoms with Gasteiger partial charge < -0.3 is 10.1 Å². The molecule has 4 heteroatoms. The van der Waals surface area contributed by atoms with Gasteiger partial charge in [-0.3, -0.25) is 4.98 Å². The van der Waals surface area contributed by atoms with Crippen molar-refractivity contribution in [2.45, 2.75) is 19.7 Å². The molecule has 3 nitrogen and oxygen atoms in total. The molecule has 0 atom stereocenters. The standard InChI is InChI=1S/C20H19FN2O/c21-20-7-2-1-5-18(20)15-24-19-6-3-4-17(12-19)14-23-13-16-8-10-22-11-9-16/h1-12,23H,13-15H2/p+1. The number of rotatable bonds is 7. The van der Waals surface area contributed by atoms with E-state index in [0.29, 0.717) is 5.56 Å². The van der Waals surface area contributed by atoms with Crippen molar-refractivity contribution >= 4 is 0 Å². The summed E-state index contributed by atoms with van der Waals surface area (Å²) < 4.78 is 19.3. The second-order valence-electron chi connectivity index (χ2n) is 5.58. The van der Waals surface area contributed by atoms with Crippen molar-refractivity contribution in [2.75, 3.05) is 0 Å². The summed E-state index contributed by atoms with van der Waals surface area (Å²) in [5.74, 6) is 0.521. The lowest BCUT2D eigenvalue weighted by Gasteiger charge is -2.08. The Bertz CT molecular complexity index is 777. The average Bonchev–Trinajstić information content (AvgIpc) is 2.62. The minimum Gasteiger partial charge on any atom is -0.489 e. The Hall–Kier alpha value is -2.72. The molecular weight excluding hydrogens is 303 g/mol. The lowest BCUT2D eigenvalue weighted by Crippen LogP contribution is -2.80. The van der Waals surface area contributed by atoms with Crippen LogP contribution in [0.5, 0.6) is 5.75 Å². The smallest absolute Gasteiger partial charge is 0.129 e. The molecule has 0 amide bonds. The summed E-state index contributed by atoms with van der Waals surface area (Å²) >= 11 is 0. The number of benzene rings is 2. The molecule has 122 valence electrons. The second kappa shape index (κ2) is 8.22. The first kappa shape index (κ1) is 16.1. The summed E-state index contributed by atoms with van der Waals surface area (Å²) in [5, 5.41) is 2.23. The van der Waals surface area contributed by atoms with E-state index in [1.54, 1.807) is 24.5 Å². The van der Waals surface area contributed by atoms with Crippen LogP contribution in [0, 0.1) is 5.82 Å². The lowest BCUT2D eigenvalue weighted by atomic mass is 10.2. The Morgan fingerprint density at radius 3 is 2.50 bits per heavy atom. The van der Waals surface area contributed by atoms with E-state index in [2.05, 4.69) is 16.4 Å². The Morgan fingerprint density at radius 2 is 1.67 bits per heavy atom. The molecule has 0 aliphatic carbocycles. The fourth-order valence-electron chi connectivity index (χ4n) is 2.46. The van der Waals surface area contributed by atoms with Gasteiger partial charge in [0.1, 0.15) is 31.3 Å². The first-order valence-corrected chi connectivity index (χ1v) is 7.97. The number of nitrogens with zero attached hydrogens (tertiary/aromatic N) is 1. The van der Waals surface area contributed by atoms with Crippen LogP contribution in [-0.2, 0) is 19.7 Å². The van der Waals surface area contributed by atoms with Crippen molar-refractivity contribution in [1.82, 2.24) is 4.98 Å². The second-order valence-corrected chi connectivity index (χ2v) is 5.58. The predicted molar refractivity (Wildman–Crippen MR) is 90.7 cm³/mol. The number of aromatic nitrogens is 1. The normalized spacial score (nSPS) is 10.5. The first-order valence-electron chi connectivity index (χ1n) is 7.97. The minimum absolute atomic E-state index is 0.233. The fourth-order valence-corrected chi connectivity index (χ4v) is 2.46. The third-order valence-electron chi connectivity index (χ3n) is 3.76. The highest BCUT2D eigenvalue weighted by molar-refractivity contribution is 5.28. The van der Waals surface area contributed by atoms with Crippen molar-refractivity contribution in [3.05, 3.63) is 95.6 Å². The SMILES string of the molecule is Fc1ccccc1COc1cccc(C[NH2+]Cc2ccncc2)c1. The molecule has 1 aromatic heterocycles. The predicted octanol–water partition coefficient (Wildman–Crippen LogP) is 3.06. The van der Waals surface area contributed by atoms with Crippen LogP contribution in [0.15, 0.2) is 73.1 Å². The van der Waals surface area contributed by atoms with E-state index < -0.39 is 0 Å². The maximum Gasteiger partial charge on any atom is 0.129 e. The summed E-state index contributed by atoms with van der Waals surface area (Å²) in [4.78, 5) is 4.02. The Labute approximate surface area is 141 Å². The van der Waals surface area contributed by atoms with Gasteiger partial charge in [-0.1, -0.05) is 30.3 Å². The van der Waals surface area contributed by atoms with Crippen LogP contribution < -0.4 is 10.1 Å². The molecule has 0 spiro atoms. The largest absolute Gasteiger partial charge is 0.489 e. The van der Waals surface area contributed by atoms with Gasteiger partial charge in [-0.2, -0.15) is 0 Å². The van der Waals surface area contributed by atoms with Gasteiger partial charge in [-0.05, 0) is 30.3 Å². The Morgan fingerprint density at radius 1 is 0.875 bits per heavy atom. The molecule has 2 aromatic carbocycles. The zero-order chi connectivity index (χ0) is 16.6.